The third kappa shape index (κ3) is 2.80. The van der Waals surface area contributed by atoms with Crippen LogP contribution in [0.15, 0.2) is 97.5 Å². The second-order valence-electron chi connectivity index (χ2n) is 8.42. The number of para-hydroxylation sites is 2. The second kappa shape index (κ2) is 7.27. The molecule has 4 nitrogen and oxygen atoms in total. The van der Waals surface area contributed by atoms with Crippen LogP contribution in [0.25, 0.3) is 33.1 Å². The third-order valence-corrected chi connectivity index (χ3v) is 6.52. The van der Waals surface area contributed by atoms with Crippen LogP contribution in [0.2, 0.25) is 0 Å². The summed E-state index contributed by atoms with van der Waals surface area (Å²) in [6.45, 7) is 0. The highest BCUT2D eigenvalue weighted by atomic mass is 15.1. The van der Waals surface area contributed by atoms with E-state index < -0.39 is 0 Å². The summed E-state index contributed by atoms with van der Waals surface area (Å²) in [6.07, 6.45) is 6.55. The number of fused-ring (bicyclic) bond motifs is 2. The minimum atomic E-state index is 0.0427. The number of H-pyrrole nitrogens is 1. The van der Waals surface area contributed by atoms with E-state index >= 15 is 0 Å². The molecule has 0 radical (unpaired) electrons. The van der Waals surface area contributed by atoms with Gasteiger partial charge in [0, 0.05) is 59.8 Å². The smallest absolute Gasteiger partial charge is 0.0691 e. The Labute approximate surface area is 186 Å². The van der Waals surface area contributed by atoms with Crippen molar-refractivity contribution in [3.8, 4) is 11.3 Å². The van der Waals surface area contributed by atoms with E-state index in [2.05, 4.69) is 119 Å². The van der Waals surface area contributed by atoms with Crippen molar-refractivity contribution in [1.29, 1.82) is 0 Å². The van der Waals surface area contributed by atoms with Gasteiger partial charge in [-0.1, -0.05) is 66.7 Å². The Morgan fingerprint density at radius 1 is 0.656 bits per heavy atom. The summed E-state index contributed by atoms with van der Waals surface area (Å²) in [5.74, 6) is 0.0427. The Kier molecular flexibility index (Phi) is 4.25. The van der Waals surface area contributed by atoms with Crippen LogP contribution in [0.5, 0.6) is 0 Å². The number of nitrogens with zero attached hydrogens (tertiary/aromatic N) is 3. The Morgan fingerprint density at radius 2 is 1.19 bits per heavy atom. The molecule has 0 bridgehead atoms. The van der Waals surface area contributed by atoms with Crippen molar-refractivity contribution in [1.82, 2.24) is 19.3 Å². The number of benzene rings is 3. The molecule has 3 aromatic carbocycles. The Morgan fingerprint density at radius 3 is 1.78 bits per heavy atom. The van der Waals surface area contributed by atoms with Crippen LogP contribution in [-0.4, -0.2) is 19.3 Å². The molecule has 0 aliphatic heterocycles. The van der Waals surface area contributed by atoms with Crippen LogP contribution >= 0.6 is 0 Å². The van der Waals surface area contributed by atoms with Crippen molar-refractivity contribution in [3.63, 3.8) is 0 Å². The summed E-state index contributed by atoms with van der Waals surface area (Å²) < 4.78 is 4.45. The molecule has 4 heteroatoms. The molecular formula is C28H24N4. The quantitative estimate of drug-likeness (QED) is 0.363. The van der Waals surface area contributed by atoms with E-state index in [9.17, 15) is 0 Å². The van der Waals surface area contributed by atoms with E-state index in [0.29, 0.717) is 0 Å². The van der Waals surface area contributed by atoms with Crippen molar-refractivity contribution in [3.05, 3.63) is 114 Å². The fraction of sp³-hybridized carbons (Fsp3) is 0.107. The fourth-order valence-corrected chi connectivity index (χ4v) is 5.06. The average Bonchev–Trinajstić information content (AvgIpc) is 3.53. The van der Waals surface area contributed by atoms with Gasteiger partial charge < -0.3 is 9.13 Å². The molecule has 0 aliphatic rings. The van der Waals surface area contributed by atoms with E-state index in [4.69, 9.17) is 0 Å². The fourth-order valence-electron chi connectivity index (χ4n) is 5.06. The molecule has 6 aromatic rings. The Balaban J connectivity index is 1.68. The molecule has 0 unspecified atom stereocenters. The van der Waals surface area contributed by atoms with Gasteiger partial charge in [0.2, 0.25) is 0 Å². The van der Waals surface area contributed by atoms with E-state index in [1.165, 1.54) is 38.5 Å². The van der Waals surface area contributed by atoms with Crippen molar-refractivity contribution in [2.24, 2.45) is 14.1 Å². The van der Waals surface area contributed by atoms with E-state index in [1.807, 2.05) is 12.3 Å². The number of rotatable bonds is 4. The molecular weight excluding hydrogens is 392 g/mol. The van der Waals surface area contributed by atoms with Gasteiger partial charge in [-0.25, -0.2) is 0 Å². The van der Waals surface area contributed by atoms with Gasteiger partial charge in [-0.2, -0.15) is 5.10 Å². The second-order valence-corrected chi connectivity index (χ2v) is 8.42. The molecule has 6 rings (SSSR count). The van der Waals surface area contributed by atoms with Gasteiger partial charge in [-0.15, -0.1) is 0 Å². The van der Waals surface area contributed by atoms with Crippen molar-refractivity contribution in [2.45, 2.75) is 5.92 Å². The van der Waals surface area contributed by atoms with Gasteiger partial charge in [-0.3, -0.25) is 5.10 Å². The number of aromatic amines is 1. The summed E-state index contributed by atoms with van der Waals surface area (Å²) in [6, 6.07) is 27.8. The first kappa shape index (κ1) is 18.7. The number of aromatic nitrogens is 4. The zero-order valence-electron chi connectivity index (χ0n) is 18.2. The maximum absolute atomic E-state index is 4.51. The van der Waals surface area contributed by atoms with Crippen LogP contribution in [-0.2, 0) is 14.1 Å². The van der Waals surface area contributed by atoms with Crippen LogP contribution in [0, 0.1) is 0 Å². The highest BCUT2D eigenvalue weighted by Gasteiger charge is 2.28. The van der Waals surface area contributed by atoms with Gasteiger partial charge in [0.25, 0.3) is 0 Å². The van der Waals surface area contributed by atoms with Gasteiger partial charge in [0.1, 0.15) is 0 Å². The highest BCUT2D eigenvalue weighted by molar-refractivity contribution is 5.90. The minimum absolute atomic E-state index is 0.0427. The molecule has 0 amide bonds. The lowest BCUT2D eigenvalue weighted by atomic mass is 9.84. The molecule has 0 saturated carbocycles. The van der Waals surface area contributed by atoms with Crippen LogP contribution < -0.4 is 0 Å². The van der Waals surface area contributed by atoms with Crippen molar-refractivity contribution >= 4 is 21.8 Å². The Bertz CT molecular complexity index is 1470. The molecule has 32 heavy (non-hydrogen) atoms. The highest BCUT2D eigenvalue weighted by Crippen LogP contribution is 2.43. The van der Waals surface area contributed by atoms with Crippen LogP contribution in [0.4, 0.5) is 0 Å². The minimum Gasteiger partial charge on any atom is -0.350 e. The van der Waals surface area contributed by atoms with Gasteiger partial charge >= 0.3 is 0 Å². The van der Waals surface area contributed by atoms with Gasteiger partial charge in [0.05, 0.1) is 11.9 Å². The molecule has 3 aromatic heterocycles. The molecule has 0 saturated heterocycles. The monoisotopic (exact) mass is 416 g/mol. The summed E-state index contributed by atoms with van der Waals surface area (Å²) in [5, 5.41) is 10.3. The van der Waals surface area contributed by atoms with E-state index in [1.54, 1.807) is 0 Å². The first-order chi connectivity index (χ1) is 15.7. The summed E-state index contributed by atoms with van der Waals surface area (Å²) in [7, 11) is 4.25. The predicted molar refractivity (Wildman–Crippen MR) is 131 cm³/mol. The summed E-state index contributed by atoms with van der Waals surface area (Å²) >= 11 is 0. The zero-order valence-corrected chi connectivity index (χ0v) is 18.2. The molecule has 0 atom stereocenters. The number of nitrogens with one attached hydrogen (secondary N) is 1. The molecule has 0 spiro atoms. The summed E-state index contributed by atoms with van der Waals surface area (Å²) in [5.41, 5.74) is 8.44. The third-order valence-electron chi connectivity index (χ3n) is 6.52. The molecule has 0 aliphatic carbocycles. The first-order valence-corrected chi connectivity index (χ1v) is 10.9. The number of aryl methyl sites for hydroxylation is 2. The number of hydrogen-bond donors (Lipinski definition) is 1. The van der Waals surface area contributed by atoms with Crippen LogP contribution in [0.1, 0.15) is 22.6 Å². The predicted octanol–water partition coefficient (Wildman–Crippen LogP) is 6.24. The lowest BCUT2D eigenvalue weighted by Gasteiger charge is -2.17. The van der Waals surface area contributed by atoms with Gasteiger partial charge in [-0.05, 0) is 28.8 Å². The molecule has 0 fully saturated rings. The maximum Gasteiger partial charge on any atom is 0.0691 e. The lowest BCUT2D eigenvalue weighted by molar-refractivity contribution is 0.913. The summed E-state index contributed by atoms with van der Waals surface area (Å²) in [4.78, 5) is 0. The van der Waals surface area contributed by atoms with Crippen molar-refractivity contribution in [2.75, 3.05) is 0 Å². The standard InChI is InChI=1S/C28H24N4/c1-31-17-23(20-12-6-8-14-25(20)31)27(24-18-32(2)26-15-9-7-13-21(24)26)22-16-29-30-28(22)19-10-4-3-5-11-19/h3-18,27H,1-2H3,(H,29,30). The maximum atomic E-state index is 4.51. The largest absolute Gasteiger partial charge is 0.350 e. The Hall–Kier alpha value is -4.05. The lowest BCUT2D eigenvalue weighted by Crippen LogP contribution is -2.03. The van der Waals surface area contributed by atoms with E-state index in [-0.39, 0.29) is 5.92 Å². The number of hydrogen-bond acceptors (Lipinski definition) is 1. The van der Waals surface area contributed by atoms with Crippen molar-refractivity contribution < 1.29 is 0 Å². The average molecular weight is 417 g/mol. The normalized spacial score (nSPS) is 11.7. The SMILES string of the molecule is Cn1cc(C(c2cn[nH]c2-c2ccccc2)c2cn(C)c3ccccc23)c2ccccc21. The molecule has 3 heterocycles. The van der Waals surface area contributed by atoms with E-state index in [0.717, 1.165) is 11.3 Å². The first-order valence-electron chi connectivity index (χ1n) is 10.9. The zero-order chi connectivity index (χ0) is 21.7. The van der Waals surface area contributed by atoms with Gasteiger partial charge in [0.15, 0.2) is 0 Å². The molecule has 1 N–H and O–H groups in total. The van der Waals surface area contributed by atoms with Crippen LogP contribution in [0.3, 0.4) is 0 Å². The topological polar surface area (TPSA) is 38.5 Å². The molecule has 156 valence electrons.